The van der Waals surface area contributed by atoms with Gasteiger partial charge in [-0.15, -0.1) is 0 Å². The number of hydrogen-bond acceptors (Lipinski definition) is 6. The fourth-order valence-electron chi connectivity index (χ4n) is 3.43. The van der Waals surface area contributed by atoms with Crippen molar-refractivity contribution in [3.63, 3.8) is 0 Å². The number of hydrogen-bond donors (Lipinski definition) is 1. The van der Waals surface area contributed by atoms with E-state index in [1.54, 1.807) is 13.8 Å². The summed E-state index contributed by atoms with van der Waals surface area (Å²) < 4.78 is 97.6. The van der Waals surface area contributed by atoms with E-state index in [4.69, 9.17) is 14.2 Å². The summed E-state index contributed by atoms with van der Waals surface area (Å²) in [5.41, 5.74) is -4.53. The van der Waals surface area contributed by atoms with Gasteiger partial charge in [-0.1, -0.05) is 12.1 Å². The lowest BCUT2D eigenvalue weighted by Gasteiger charge is -2.21. The van der Waals surface area contributed by atoms with Crippen molar-refractivity contribution in [1.82, 2.24) is 9.97 Å². The van der Waals surface area contributed by atoms with Crippen LogP contribution in [-0.4, -0.2) is 41.2 Å². The van der Waals surface area contributed by atoms with Gasteiger partial charge in [-0.25, -0.2) is 4.98 Å². The third kappa shape index (κ3) is 6.19. The fraction of sp³-hybridized carbons (Fsp3) is 0.391. The second-order valence-corrected chi connectivity index (χ2v) is 7.23. The number of rotatable bonds is 9. The van der Waals surface area contributed by atoms with Gasteiger partial charge in [-0.05, 0) is 43.7 Å². The van der Waals surface area contributed by atoms with Crippen LogP contribution in [0.5, 0.6) is 5.75 Å². The lowest BCUT2D eigenvalue weighted by molar-refractivity contribution is -0.152. The number of nitrogens with zero attached hydrogens (tertiary/aromatic N) is 2. The Labute approximate surface area is 196 Å². The summed E-state index contributed by atoms with van der Waals surface area (Å²) >= 11 is 0. The third-order valence-electron chi connectivity index (χ3n) is 4.90. The minimum absolute atomic E-state index is 0.00472. The van der Waals surface area contributed by atoms with Crippen molar-refractivity contribution in [2.75, 3.05) is 19.8 Å². The summed E-state index contributed by atoms with van der Waals surface area (Å²) in [4.78, 5) is 7.25. The van der Waals surface area contributed by atoms with Crippen LogP contribution in [0.25, 0.3) is 10.9 Å². The van der Waals surface area contributed by atoms with E-state index in [9.17, 15) is 31.4 Å². The van der Waals surface area contributed by atoms with Crippen LogP contribution in [-0.2, 0) is 21.8 Å². The van der Waals surface area contributed by atoms with E-state index in [-0.39, 0.29) is 23.4 Å². The molecule has 1 N–H and O–H groups in total. The maximum atomic E-state index is 13.5. The van der Waals surface area contributed by atoms with Gasteiger partial charge in [0.2, 0.25) is 0 Å². The fourth-order valence-corrected chi connectivity index (χ4v) is 3.43. The summed E-state index contributed by atoms with van der Waals surface area (Å²) in [5, 5.41) is 10.7. The predicted octanol–water partition coefficient (Wildman–Crippen LogP) is 5.53. The van der Waals surface area contributed by atoms with Crippen molar-refractivity contribution in [3.8, 4) is 5.75 Å². The van der Waals surface area contributed by atoms with Crippen LogP contribution in [0.15, 0.2) is 42.6 Å². The van der Waals surface area contributed by atoms with Crippen LogP contribution >= 0.6 is 0 Å². The maximum Gasteiger partial charge on any atom is 0.433 e. The minimum atomic E-state index is -5.06. The highest BCUT2D eigenvalue weighted by Gasteiger charge is 2.38. The molecule has 6 nitrogen and oxygen atoms in total. The molecule has 0 aliphatic heterocycles. The van der Waals surface area contributed by atoms with Gasteiger partial charge in [-0.3, -0.25) is 4.98 Å². The van der Waals surface area contributed by atoms with Crippen molar-refractivity contribution >= 4 is 10.9 Å². The highest BCUT2D eigenvalue weighted by molar-refractivity contribution is 5.86. The average Bonchev–Trinajstić information content (AvgIpc) is 2.80. The molecule has 0 saturated carbocycles. The molecule has 1 atom stereocenters. The molecule has 2 heterocycles. The topological polar surface area (TPSA) is 73.7 Å². The van der Waals surface area contributed by atoms with E-state index in [2.05, 4.69) is 9.97 Å². The zero-order valence-electron chi connectivity index (χ0n) is 18.7. The molecule has 190 valence electrons. The van der Waals surface area contributed by atoms with E-state index in [1.807, 2.05) is 0 Å². The largest absolute Gasteiger partial charge is 0.486 e. The van der Waals surface area contributed by atoms with E-state index >= 15 is 0 Å². The number of halogens is 6. The molecule has 35 heavy (non-hydrogen) atoms. The van der Waals surface area contributed by atoms with E-state index in [0.717, 1.165) is 12.1 Å². The van der Waals surface area contributed by atoms with Crippen molar-refractivity contribution in [1.29, 1.82) is 0 Å². The molecule has 0 radical (unpaired) electrons. The number of aliphatic hydroxyl groups excluding tert-OH is 1. The standard InChI is InChI=1S/C23H22F6N2O4/c1-3-33-18(34-4-2)12-35-16-9-6-10-30-20(16)21(32)14-11-17(23(27,28)29)31-19-13(14)7-5-8-15(19)22(24,25)26/h5-11,18,21,32H,3-4,12H2,1-2H3. The Kier molecular flexibility index (Phi) is 8.18. The number of aliphatic hydroxyl groups is 1. The average molecular weight is 504 g/mol. The Bertz CT molecular complexity index is 1150. The van der Waals surface area contributed by atoms with Crippen molar-refractivity contribution < 1.29 is 45.7 Å². The number of ether oxygens (including phenoxy) is 3. The molecule has 1 unspecified atom stereocenters. The second kappa shape index (κ2) is 10.8. The molecular weight excluding hydrogens is 482 g/mol. The van der Waals surface area contributed by atoms with Gasteiger partial charge >= 0.3 is 12.4 Å². The van der Waals surface area contributed by atoms with Crippen LogP contribution < -0.4 is 4.74 Å². The molecule has 0 spiro atoms. The van der Waals surface area contributed by atoms with Gasteiger partial charge in [-0.2, -0.15) is 26.3 Å². The van der Waals surface area contributed by atoms with Crippen LogP contribution in [0.1, 0.15) is 42.5 Å². The summed E-state index contributed by atoms with van der Waals surface area (Å²) in [6.07, 6.45) is -11.4. The van der Waals surface area contributed by atoms with Crippen LogP contribution in [0.3, 0.4) is 0 Å². The first-order chi connectivity index (χ1) is 16.5. The SMILES string of the molecule is CCOC(COc1cccnc1C(O)c1cc(C(F)(F)F)nc2c(C(F)(F)F)cccc12)OCC. The van der Waals surface area contributed by atoms with Gasteiger partial charge in [0.1, 0.15) is 29.8 Å². The Morgan fingerprint density at radius 1 is 0.943 bits per heavy atom. The number of aromatic nitrogens is 2. The zero-order chi connectivity index (χ0) is 25.8. The first-order valence-electron chi connectivity index (χ1n) is 10.5. The molecule has 3 rings (SSSR count). The Morgan fingerprint density at radius 2 is 1.63 bits per heavy atom. The maximum absolute atomic E-state index is 13.5. The Hall–Kier alpha value is -2.96. The molecule has 12 heteroatoms. The van der Waals surface area contributed by atoms with Crippen LogP contribution in [0.2, 0.25) is 0 Å². The lowest BCUT2D eigenvalue weighted by Crippen LogP contribution is -2.25. The van der Waals surface area contributed by atoms with E-state index in [0.29, 0.717) is 25.3 Å². The molecule has 0 amide bonds. The van der Waals surface area contributed by atoms with Crippen molar-refractivity contribution in [3.05, 3.63) is 65.1 Å². The van der Waals surface area contributed by atoms with Crippen LogP contribution in [0, 0.1) is 0 Å². The monoisotopic (exact) mass is 504 g/mol. The van der Waals surface area contributed by atoms with Gasteiger partial charge < -0.3 is 19.3 Å². The van der Waals surface area contributed by atoms with Gasteiger partial charge in [0.15, 0.2) is 6.29 Å². The summed E-state index contributed by atoms with van der Waals surface area (Å²) in [6.45, 7) is 4.00. The quantitative estimate of drug-likeness (QED) is 0.305. The van der Waals surface area contributed by atoms with E-state index in [1.165, 1.54) is 18.3 Å². The molecule has 0 saturated heterocycles. The van der Waals surface area contributed by atoms with Crippen molar-refractivity contribution in [2.45, 2.75) is 38.6 Å². The zero-order valence-corrected chi connectivity index (χ0v) is 18.7. The smallest absolute Gasteiger partial charge is 0.433 e. The molecule has 1 aromatic carbocycles. The molecule has 0 bridgehead atoms. The highest BCUT2D eigenvalue weighted by atomic mass is 19.4. The van der Waals surface area contributed by atoms with Gasteiger partial charge in [0, 0.05) is 24.8 Å². The minimum Gasteiger partial charge on any atom is -0.486 e. The predicted molar refractivity (Wildman–Crippen MR) is 113 cm³/mol. The highest BCUT2D eigenvalue weighted by Crippen LogP contribution is 2.40. The lowest BCUT2D eigenvalue weighted by atomic mass is 9.97. The molecular formula is C23H22F6N2O4. The number of para-hydroxylation sites is 1. The second-order valence-electron chi connectivity index (χ2n) is 7.23. The number of alkyl halides is 6. The summed E-state index contributed by atoms with van der Waals surface area (Å²) in [5.74, 6) is -0.00472. The Balaban J connectivity index is 2.11. The molecule has 0 fully saturated rings. The first kappa shape index (κ1) is 26.6. The molecule has 0 aliphatic carbocycles. The summed E-state index contributed by atoms with van der Waals surface area (Å²) in [6, 6.07) is 6.20. The molecule has 2 aromatic heterocycles. The number of benzene rings is 1. The molecule has 0 aliphatic rings. The van der Waals surface area contributed by atoms with Crippen LogP contribution in [0.4, 0.5) is 26.3 Å². The molecule has 3 aromatic rings. The third-order valence-corrected chi connectivity index (χ3v) is 4.90. The first-order valence-corrected chi connectivity index (χ1v) is 10.5. The van der Waals surface area contributed by atoms with E-state index < -0.39 is 47.1 Å². The normalized spacial score (nSPS) is 13.4. The number of fused-ring (bicyclic) bond motifs is 1. The number of pyridine rings is 2. The summed E-state index contributed by atoms with van der Waals surface area (Å²) in [7, 11) is 0. The Morgan fingerprint density at radius 3 is 2.23 bits per heavy atom. The van der Waals surface area contributed by atoms with Gasteiger partial charge in [0.25, 0.3) is 0 Å². The van der Waals surface area contributed by atoms with Crippen molar-refractivity contribution in [2.24, 2.45) is 0 Å². The van der Waals surface area contributed by atoms with Gasteiger partial charge in [0.05, 0.1) is 11.1 Å².